The van der Waals surface area contributed by atoms with Crippen LogP contribution >= 0.6 is 0 Å². The van der Waals surface area contributed by atoms with Gasteiger partial charge in [-0.05, 0) is 32.1 Å². The Bertz CT molecular complexity index is 206. The average molecular weight is 213 g/mol. The summed E-state index contributed by atoms with van der Waals surface area (Å²) in [5.74, 6) is 0.837. The van der Waals surface area contributed by atoms with Gasteiger partial charge < -0.3 is 10.1 Å². The Kier molecular flexibility index (Phi) is 5.09. The van der Waals surface area contributed by atoms with E-state index in [0.717, 1.165) is 18.8 Å². The molecule has 88 valence electrons. The van der Waals surface area contributed by atoms with Crippen LogP contribution in [0.3, 0.4) is 0 Å². The molecule has 15 heavy (non-hydrogen) atoms. The van der Waals surface area contributed by atoms with Crippen LogP contribution in [0.4, 0.5) is 0 Å². The van der Waals surface area contributed by atoms with Crippen LogP contribution < -0.4 is 5.32 Å². The number of nitrogens with one attached hydrogen (secondary N) is 1. The summed E-state index contributed by atoms with van der Waals surface area (Å²) in [5.41, 5.74) is 0. The molecule has 3 heteroatoms. The number of rotatable bonds is 3. The van der Waals surface area contributed by atoms with E-state index in [4.69, 9.17) is 4.74 Å². The van der Waals surface area contributed by atoms with Crippen molar-refractivity contribution in [2.75, 3.05) is 7.11 Å². The summed E-state index contributed by atoms with van der Waals surface area (Å²) in [6.07, 6.45) is 5.66. The number of carbonyl (C=O) groups is 1. The van der Waals surface area contributed by atoms with Crippen molar-refractivity contribution in [3.8, 4) is 0 Å². The third-order valence-electron chi connectivity index (χ3n) is 3.33. The second kappa shape index (κ2) is 6.11. The third kappa shape index (κ3) is 4.20. The van der Waals surface area contributed by atoms with Gasteiger partial charge in [0.2, 0.25) is 5.91 Å². The molecule has 0 aliphatic heterocycles. The summed E-state index contributed by atoms with van der Waals surface area (Å²) in [5, 5.41) is 3.07. The largest absolute Gasteiger partial charge is 0.372 e. The van der Waals surface area contributed by atoms with Crippen molar-refractivity contribution in [2.24, 2.45) is 5.92 Å². The maximum absolute atomic E-state index is 11.6. The lowest BCUT2D eigenvalue weighted by molar-refractivity contribution is -0.130. The first kappa shape index (κ1) is 12.5. The van der Waals surface area contributed by atoms with Crippen LogP contribution in [0.1, 0.15) is 46.0 Å². The maximum atomic E-state index is 11.6. The first-order valence-corrected chi connectivity index (χ1v) is 5.96. The quantitative estimate of drug-likeness (QED) is 0.729. The molecule has 1 amide bonds. The van der Waals surface area contributed by atoms with Crippen LogP contribution in [-0.4, -0.2) is 25.2 Å². The van der Waals surface area contributed by atoms with Gasteiger partial charge in [-0.25, -0.2) is 0 Å². The van der Waals surface area contributed by atoms with Crippen molar-refractivity contribution in [3.05, 3.63) is 0 Å². The molecule has 0 aromatic carbocycles. The van der Waals surface area contributed by atoms with E-state index in [-0.39, 0.29) is 12.0 Å². The molecule has 0 aromatic heterocycles. The summed E-state index contributed by atoms with van der Waals surface area (Å²) in [7, 11) is 1.57. The number of hydrogen-bond acceptors (Lipinski definition) is 2. The molecular formula is C12H23NO2. The minimum absolute atomic E-state index is 0.0250. The molecule has 0 spiro atoms. The molecule has 3 nitrogen and oxygen atoms in total. The van der Waals surface area contributed by atoms with Crippen molar-refractivity contribution in [3.63, 3.8) is 0 Å². The Morgan fingerprint density at radius 1 is 1.33 bits per heavy atom. The number of methoxy groups -OCH3 is 1. The number of hydrogen-bond donors (Lipinski definition) is 1. The van der Waals surface area contributed by atoms with Gasteiger partial charge in [0, 0.05) is 13.2 Å². The zero-order valence-electron chi connectivity index (χ0n) is 10.1. The van der Waals surface area contributed by atoms with E-state index in [9.17, 15) is 4.79 Å². The molecule has 0 radical (unpaired) electrons. The SMILES string of the molecule is COC(C)C(=O)NC1CCCC(C)CC1. The van der Waals surface area contributed by atoms with Crippen LogP contribution in [0.5, 0.6) is 0 Å². The number of amides is 1. The zero-order chi connectivity index (χ0) is 11.3. The lowest BCUT2D eigenvalue weighted by atomic mass is 10.0. The van der Waals surface area contributed by atoms with Gasteiger partial charge in [0.05, 0.1) is 0 Å². The normalized spacial score (nSPS) is 29.3. The van der Waals surface area contributed by atoms with Gasteiger partial charge in [0.15, 0.2) is 0 Å². The van der Waals surface area contributed by atoms with Crippen LogP contribution in [0.25, 0.3) is 0 Å². The van der Waals surface area contributed by atoms with E-state index < -0.39 is 0 Å². The highest BCUT2D eigenvalue weighted by Crippen LogP contribution is 2.22. The van der Waals surface area contributed by atoms with Crippen molar-refractivity contribution in [1.29, 1.82) is 0 Å². The second-order valence-corrected chi connectivity index (χ2v) is 4.70. The van der Waals surface area contributed by atoms with Gasteiger partial charge in [-0.2, -0.15) is 0 Å². The Labute approximate surface area is 92.6 Å². The van der Waals surface area contributed by atoms with Gasteiger partial charge in [0.1, 0.15) is 6.10 Å². The minimum atomic E-state index is -0.328. The van der Waals surface area contributed by atoms with Gasteiger partial charge in [-0.3, -0.25) is 4.79 Å². The lowest BCUT2D eigenvalue weighted by Gasteiger charge is -2.18. The Hall–Kier alpha value is -0.570. The Morgan fingerprint density at radius 3 is 2.73 bits per heavy atom. The summed E-state index contributed by atoms with van der Waals surface area (Å²) in [6.45, 7) is 4.08. The fourth-order valence-corrected chi connectivity index (χ4v) is 2.06. The number of ether oxygens (including phenoxy) is 1. The van der Waals surface area contributed by atoms with E-state index in [2.05, 4.69) is 12.2 Å². The van der Waals surface area contributed by atoms with Gasteiger partial charge in [-0.15, -0.1) is 0 Å². The third-order valence-corrected chi connectivity index (χ3v) is 3.33. The van der Waals surface area contributed by atoms with Crippen LogP contribution in [0.15, 0.2) is 0 Å². The molecule has 0 saturated heterocycles. The topological polar surface area (TPSA) is 38.3 Å². The highest BCUT2D eigenvalue weighted by Gasteiger charge is 2.20. The molecule has 1 saturated carbocycles. The first-order chi connectivity index (χ1) is 7.13. The molecule has 0 bridgehead atoms. The fraction of sp³-hybridized carbons (Fsp3) is 0.917. The van der Waals surface area contributed by atoms with E-state index >= 15 is 0 Å². The molecular weight excluding hydrogens is 190 g/mol. The zero-order valence-corrected chi connectivity index (χ0v) is 10.1. The Balaban J connectivity index is 2.34. The molecule has 0 heterocycles. The highest BCUT2D eigenvalue weighted by molar-refractivity contribution is 5.80. The summed E-state index contributed by atoms with van der Waals surface area (Å²) in [6, 6.07) is 0.361. The average Bonchev–Trinajstić information content (AvgIpc) is 2.42. The van der Waals surface area contributed by atoms with Crippen molar-refractivity contribution in [1.82, 2.24) is 5.32 Å². The molecule has 1 fully saturated rings. The summed E-state index contributed by atoms with van der Waals surface area (Å²) < 4.78 is 4.99. The van der Waals surface area contributed by atoms with Gasteiger partial charge in [0.25, 0.3) is 0 Å². The monoisotopic (exact) mass is 213 g/mol. The van der Waals surface area contributed by atoms with Crippen molar-refractivity contribution < 1.29 is 9.53 Å². The molecule has 1 aliphatic rings. The van der Waals surface area contributed by atoms with E-state index in [1.807, 2.05) is 0 Å². The van der Waals surface area contributed by atoms with Crippen LogP contribution in [-0.2, 0) is 9.53 Å². The van der Waals surface area contributed by atoms with Gasteiger partial charge in [-0.1, -0.05) is 19.8 Å². The number of carbonyl (C=O) groups excluding carboxylic acids is 1. The standard InChI is InChI=1S/C12H23NO2/c1-9-5-4-6-11(8-7-9)13-12(14)10(2)15-3/h9-11H,4-8H2,1-3H3,(H,13,14). The molecule has 3 unspecified atom stereocenters. The molecule has 1 rings (SSSR count). The van der Waals surface area contributed by atoms with E-state index in [1.165, 1.54) is 19.3 Å². The van der Waals surface area contributed by atoms with Gasteiger partial charge >= 0.3 is 0 Å². The lowest BCUT2D eigenvalue weighted by Crippen LogP contribution is -2.40. The highest BCUT2D eigenvalue weighted by atomic mass is 16.5. The van der Waals surface area contributed by atoms with Crippen LogP contribution in [0.2, 0.25) is 0 Å². The van der Waals surface area contributed by atoms with E-state index in [1.54, 1.807) is 14.0 Å². The predicted molar refractivity (Wildman–Crippen MR) is 60.7 cm³/mol. The Morgan fingerprint density at radius 2 is 2.07 bits per heavy atom. The molecule has 0 aromatic rings. The molecule has 1 N–H and O–H groups in total. The van der Waals surface area contributed by atoms with Crippen LogP contribution in [0, 0.1) is 5.92 Å². The van der Waals surface area contributed by atoms with Crippen molar-refractivity contribution >= 4 is 5.91 Å². The maximum Gasteiger partial charge on any atom is 0.249 e. The van der Waals surface area contributed by atoms with E-state index in [0.29, 0.717) is 6.04 Å². The molecule has 3 atom stereocenters. The van der Waals surface area contributed by atoms with Crippen molar-refractivity contribution in [2.45, 2.75) is 58.1 Å². The predicted octanol–water partition coefficient (Wildman–Crippen LogP) is 2.11. The fourth-order valence-electron chi connectivity index (χ4n) is 2.06. The second-order valence-electron chi connectivity index (χ2n) is 4.70. The summed E-state index contributed by atoms with van der Waals surface area (Å²) in [4.78, 5) is 11.6. The smallest absolute Gasteiger partial charge is 0.249 e. The first-order valence-electron chi connectivity index (χ1n) is 5.96. The minimum Gasteiger partial charge on any atom is -0.372 e. The summed E-state index contributed by atoms with van der Waals surface area (Å²) >= 11 is 0. The molecule has 1 aliphatic carbocycles.